The van der Waals surface area contributed by atoms with Crippen LogP contribution in [0.15, 0.2) is 29.3 Å². The van der Waals surface area contributed by atoms with Gasteiger partial charge >= 0.3 is 6.61 Å². The number of rotatable bonds is 7. The molecule has 0 amide bonds. The largest absolute Gasteiger partial charge is 0.434 e. The summed E-state index contributed by atoms with van der Waals surface area (Å²) in [5.74, 6) is 1.04. The molecule has 27 heavy (non-hydrogen) atoms. The zero-order valence-corrected chi connectivity index (χ0v) is 18.2. The SMILES string of the molecule is CN=C(NCCN1CCS(=O)(=O)CC1)NCc1ccccc1OC(F)F.I. The Balaban J connectivity index is 0.00000364. The Morgan fingerprint density at radius 2 is 1.93 bits per heavy atom. The van der Waals surface area contributed by atoms with Gasteiger partial charge in [0.2, 0.25) is 0 Å². The molecule has 1 heterocycles. The van der Waals surface area contributed by atoms with E-state index in [9.17, 15) is 17.2 Å². The number of benzene rings is 1. The summed E-state index contributed by atoms with van der Waals surface area (Å²) in [7, 11) is -1.26. The number of para-hydroxylation sites is 1. The van der Waals surface area contributed by atoms with Crippen molar-refractivity contribution in [3.05, 3.63) is 29.8 Å². The molecule has 2 rings (SSSR count). The number of hydrogen-bond acceptors (Lipinski definition) is 5. The van der Waals surface area contributed by atoms with Crippen LogP contribution in [0.3, 0.4) is 0 Å². The van der Waals surface area contributed by atoms with E-state index in [4.69, 9.17) is 0 Å². The van der Waals surface area contributed by atoms with Gasteiger partial charge in [0.05, 0.1) is 11.5 Å². The molecule has 0 radical (unpaired) electrons. The average Bonchev–Trinajstić information content (AvgIpc) is 2.60. The second-order valence-corrected chi connectivity index (χ2v) is 8.14. The van der Waals surface area contributed by atoms with Gasteiger partial charge in [-0.05, 0) is 6.07 Å². The summed E-state index contributed by atoms with van der Waals surface area (Å²) >= 11 is 0. The number of alkyl halides is 2. The molecule has 1 aliphatic rings. The third kappa shape index (κ3) is 8.56. The quantitative estimate of drug-likeness (QED) is 0.322. The van der Waals surface area contributed by atoms with Crippen molar-refractivity contribution in [3.63, 3.8) is 0 Å². The predicted molar refractivity (Wildman–Crippen MR) is 112 cm³/mol. The lowest BCUT2D eigenvalue weighted by molar-refractivity contribution is -0.0504. The van der Waals surface area contributed by atoms with Gasteiger partial charge in [-0.1, -0.05) is 18.2 Å². The summed E-state index contributed by atoms with van der Waals surface area (Å²) in [4.78, 5) is 6.17. The van der Waals surface area contributed by atoms with Crippen LogP contribution in [0.4, 0.5) is 8.78 Å². The molecule has 1 saturated heterocycles. The van der Waals surface area contributed by atoms with Crippen molar-refractivity contribution in [1.29, 1.82) is 0 Å². The van der Waals surface area contributed by atoms with Crippen molar-refractivity contribution in [3.8, 4) is 5.75 Å². The standard InChI is InChI=1S/C16H24F2N4O3S.HI/c1-19-16(20-6-7-22-8-10-26(23,24)11-9-22)21-12-13-4-2-3-5-14(13)25-15(17)18;/h2-5,15H,6-12H2,1H3,(H2,19,20,21);1H. The highest BCUT2D eigenvalue weighted by Crippen LogP contribution is 2.19. The molecular weight excluding hydrogens is 493 g/mol. The number of halogens is 3. The van der Waals surface area contributed by atoms with Crippen LogP contribution in [0.1, 0.15) is 5.56 Å². The van der Waals surface area contributed by atoms with Crippen molar-refractivity contribution in [2.24, 2.45) is 4.99 Å². The topological polar surface area (TPSA) is 83.0 Å². The van der Waals surface area contributed by atoms with Crippen LogP contribution in [0.5, 0.6) is 5.75 Å². The minimum absolute atomic E-state index is 0. The zero-order chi connectivity index (χ0) is 19.0. The Hall–Kier alpha value is -1.21. The van der Waals surface area contributed by atoms with Gasteiger partial charge in [0.15, 0.2) is 15.8 Å². The summed E-state index contributed by atoms with van der Waals surface area (Å²) in [6.07, 6.45) is 0. The molecule has 0 spiro atoms. The third-order valence-corrected chi connectivity index (χ3v) is 5.63. The van der Waals surface area contributed by atoms with Crippen molar-refractivity contribution in [2.75, 3.05) is 44.7 Å². The number of hydrogen-bond donors (Lipinski definition) is 2. The van der Waals surface area contributed by atoms with Gasteiger partial charge in [-0.3, -0.25) is 9.89 Å². The number of sulfone groups is 1. The number of guanidine groups is 1. The first kappa shape index (κ1) is 23.8. The van der Waals surface area contributed by atoms with E-state index >= 15 is 0 Å². The van der Waals surface area contributed by atoms with Crippen LogP contribution in [0.2, 0.25) is 0 Å². The molecule has 7 nitrogen and oxygen atoms in total. The second kappa shape index (κ2) is 11.6. The smallest absolute Gasteiger partial charge is 0.387 e. The third-order valence-electron chi connectivity index (χ3n) is 4.02. The Morgan fingerprint density at radius 1 is 1.26 bits per heavy atom. The van der Waals surface area contributed by atoms with Gasteiger partial charge in [-0.25, -0.2) is 8.42 Å². The lowest BCUT2D eigenvalue weighted by atomic mass is 10.2. The van der Waals surface area contributed by atoms with E-state index in [-0.39, 0.29) is 47.8 Å². The second-order valence-electron chi connectivity index (χ2n) is 5.83. The van der Waals surface area contributed by atoms with E-state index in [1.54, 1.807) is 25.2 Å². The van der Waals surface area contributed by atoms with Crippen molar-refractivity contribution >= 4 is 39.8 Å². The lowest BCUT2D eigenvalue weighted by Crippen LogP contribution is -2.45. The molecule has 11 heteroatoms. The molecule has 0 unspecified atom stereocenters. The fourth-order valence-corrected chi connectivity index (χ4v) is 3.84. The molecular formula is C16H25F2IN4O3S. The summed E-state index contributed by atoms with van der Waals surface area (Å²) in [5.41, 5.74) is 0.594. The van der Waals surface area contributed by atoms with E-state index in [0.29, 0.717) is 37.7 Å². The molecule has 1 aliphatic heterocycles. The number of nitrogens with one attached hydrogen (secondary N) is 2. The first-order valence-electron chi connectivity index (χ1n) is 8.29. The highest BCUT2D eigenvalue weighted by molar-refractivity contribution is 14.0. The molecule has 0 saturated carbocycles. The molecule has 1 aromatic rings. The van der Waals surface area contributed by atoms with Crippen molar-refractivity contribution in [1.82, 2.24) is 15.5 Å². The maximum Gasteiger partial charge on any atom is 0.387 e. The van der Waals surface area contributed by atoms with E-state index in [1.165, 1.54) is 6.07 Å². The molecule has 0 aliphatic carbocycles. The maximum absolute atomic E-state index is 12.4. The maximum atomic E-state index is 12.4. The molecule has 0 aromatic heterocycles. The van der Waals surface area contributed by atoms with Crippen LogP contribution >= 0.6 is 24.0 Å². The first-order valence-corrected chi connectivity index (χ1v) is 10.1. The van der Waals surface area contributed by atoms with E-state index in [1.807, 2.05) is 0 Å². The normalized spacial score (nSPS) is 17.3. The first-order chi connectivity index (χ1) is 12.4. The number of ether oxygens (including phenoxy) is 1. The van der Waals surface area contributed by atoms with Gasteiger partial charge < -0.3 is 15.4 Å². The predicted octanol–water partition coefficient (Wildman–Crippen LogP) is 1.30. The van der Waals surface area contributed by atoms with Crippen LogP contribution in [0.25, 0.3) is 0 Å². The van der Waals surface area contributed by atoms with Crippen LogP contribution in [0, 0.1) is 0 Å². The number of aliphatic imine (C=N–C) groups is 1. The monoisotopic (exact) mass is 518 g/mol. The van der Waals surface area contributed by atoms with E-state index < -0.39 is 16.4 Å². The van der Waals surface area contributed by atoms with Crippen LogP contribution in [-0.4, -0.2) is 70.6 Å². The van der Waals surface area contributed by atoms with Gasteiger partial charge in [0.25, 0.3) is 0 Å². The Labute approximate surface area is 175 Å². The summed E-state index contributed by atoms with van der Waals surface area (Å²) < 4.78 is 52.2. The average molecular weight is 518 g/mol. The summed E-state index contributed by atoms with van der Waals surface area (Å²) in [6, 6.07) is 6.57. The zero-order valence-electron chi connectivity index (χ0n) is 15.0. The van der Waals surface area contributed by atoms with Gasteiger partial charge in [-0.2, -0.15) is 8.78 Å². The minimum atomic E-state index is -2.88. The van der Waals surface area contributed by atoms with Gasteiger partial charge in [0.1, 0.15) is 5.75 Å². The molecule has 2 N–H and O–H groups in total. The Bertz CT molecular complexity index is 705. The molecule has 1 fully saturated rings. The van der Waals surface area contributed by atoms with Crippen molar-refractivity contribution < 1.29 is 21.9 Å². The van der Waals surface area contributed by atoms with Crippen LogP contribution < -0.4 is 15.4 Å². The van der Waals surface area contributed by atoms with Crippen LogP contribution in [-0.2, 0) is 16.4 Å². The molecule has 154 valence electrons. The van der Waals surface area contributed by atoms with E-state index in [2.05, 4.69) is 25.3 Å². The fraction of sp³-hybridized carbons (Fsp3) is 0.562. The fourth-order valence-electron chi connectivity index (χ4n) is 2.57. The summed E-state index contributed by atoms with van der Waals surface area (Å²) in [6.45, 7) is -0.231. The Kier molecular flexibility index (Phi) is 10.2. The highest BCUT2D eigenvalue weighted by atomic mass is 127. The number of nitrogens with zero attached hydrogens (tertiary/aromatic N) is 2. The van der Waals surface area contributed by atoms with Gasteiger partial charge in [0, 0.05) is 45.3 Å². The summed E-state index contributed by atoms with van der Waals surface area (Å²) in [5, 5.41) is 6.18. The molecule has 0 bridgehead atoms. The molecule has 1 aromatic carbocycles. The van der Waals surface area contributed by atoms with Crippen molar-refractivity contribution in [2.45, 2.75) is 13.2 Å². The highest BCUT2D eigenvalue weighted by Gasteiger charge is 2.20. The lowest BCUT2D eigenvalue weighted by Gasteiger charge is -2.26. The minimum Gasteiger partial charge on any atom is -0.434 e. The van der Waals surface area contributed by atoms with Gasteiger partial charge in [-0.15, -0.1) is 24.0 Å². The Morgan fingerprint density at radius 3 is 2.56 bits per heavy atom. The van der Waals surface area contributed by atoms with E-state index in [0.717, 1.165) is 0 Å². The molecule has 0 atom stereocenters.